The molecule has 2 nitrogen and oxygen atoms in total. The predicted octanol–water partition coefficient (Wildman–Crippen LogP) is 5.18. The molecule has 0 atom stereocenters. The highest BCUT2D eigenvalue weighted by molar-refractivity contribution is 14.1. The van der Waals surface area contributed by atoms with Crippen molar-refractivity contribution in [1.82, 2.24) is 0 Å². The van der Waals surface area contributed by atoms with Gasteiger partial charge in [-0.25, -0.2) is 4.39 Å². The van der Waals surface area contributed by atoms with E-state index in [0.29, 0.717) is 14.8 Å². The first-order valence-electron chi connectivity index (χ1n) is 6.67. The van der Waals surface area contributed by atoms with E-state index in [0.717, 1.165) is 6.07 Å². The Balaban J connectivity index is 2.11. The SMILES string of the molecule is O=C(Nc1cccc(CCC(F)(F)F)c1)c1cc(F)ccc1I. The lowest BCUT2D eigenvalue weighted by Gasteiger charge is -2.10. The van der Waals surface area contributed by atoms with Crippen LogP contribution in [0.5, 0.6) is 0 Å². The van der Waals surface area contributed by atoms with Crippen LogP contribution >= 0.6 is 22.6 Å². The van der Waals surface area contributed by atoms with Crippen molar-refractivity contribution in [2.75, 3.05) is 5.32 Å². The van der Waals surface area contributed by atoms with Gasteiger partial charge in [0.25, 0.3) is 5.91 Å². The molecule has 0 aromatic heterocycles. The molecule has 122 valence electrons. The lowest BCUT2D eigenvalue weighted by atomic mass is 10.1. The number of hydrogen-bond donors (Lipinski definition) is 1. The number of aryl methyl sites for hydroxylation is 1. The van der Waals surface area contributed by atoms with Gasteiger partial charge in [0.1, 0.15) is 5.82 Å². The number of carbonyl (C=O) groups excluding carboxylic acids is 1. The number of nitrogens with one attached hydrogen (secondary N) is 1. The van der Waals surface area contributed by atoms with Gasteiger partial charge < -0.3 is 5.32 Å². The number of alkyl halides is 3. The van der Waals surface area contributed by atoms with Gasteiger partial charge >= 0.3 is 6.18 Å². The molecule has 2 aromatic carbocycles. The molecule has 2 aromatic rings. The van der Waals surface area contributed by atoms with E-state index in [-0.39, 0.29) is 12.0 Å². The maximum absolute atomic E-state index is 13.2. The van der Waals surface area contributed by atoms with E-state index in [9.17, 15) is 22.4 Å². The smallest absolute Gasteiger partial charge is 0.322 e. The molecule has 1 N–H and O–H groups in total. The van der Waals surface area contributed by atoms with E-state index >= 15 is 0 Å². The normalized spacial score (nSPS) is 11.3. The van der Waals surface area contributed by atoms with Crippen LogP contribution in [0.1, 0.15) is 22.3 Å². The predicted molar refractivity (Wildman–Crippen MR) is 87.9 cm³/mol. The number of halogens is 5. The summed E-state index contributed by atoms with van der Waals surface area (Å²) in [7, 11) is 0. The number of carbonyl (C=O) groups is 1. The summed E-state index contributed by atoms with van der Waals surface area (Å²) in [5.41, 5.74) is 1.01. The van der Waals surface area contributed by atoms with Crippen LogP contribution in [0.4, 0.5) is 23.2 Å². The highest BCUT2D eigenvalue weighted by atomic mass is 127. The Morgan fingerprint density at radius 1 is 1.13 bits per heavy atom. The molecule has 0 aliphatic heterocycles. The van der Waals surface area contributed by atoms with Gasteiger partial charge in [0.2, 0.25) is 0 Å². The van der Waals surface area contributed by atoms with Crippen LogP contribution in [-0.4, -0.2) is 12.1 Å². The van der Waals surface area contributed by atoms with E-state index in [1.165, 1.54) is 18.2 Å². The molecule has 7 heteroatoms. The summed E-state index contributed by atoms with van der Waals surface area (Å²) in [6, 6.07) is 10.0. The van der Waals surface area contributed by atoms with Gasteiger partial charge in [0.15, 0.2) is 0 Å². The maximum atomic E-state index is 13.2. The van der Waals surface area contributed by atoms with Crippen LogP contribution in [0.3, 0.4) is 0 Å². The second-order valence-electron chi connectivity index (χ2n) is 4.89. The molecule has 1 amide bonds. The average molecular weight is 437 g/mol. The molecule has 0 heterocycles. The minimum atomic E-state index is -4.23. The molecule has 0 saturated heterocycles. The van der Waals surface area contributed by atoms with Gasteiger partial charge in [-0.1, -0.05) is 12.1 Å². The van der Waals surface area contributed by atoms with E-state index in [1.54, 1.807) is 18.2 Å². The zero-order chi connectivity index (χ0) is 17.0. The van der Waals surface area contributed by atoms with Gasteiger partial charge in [-0.3, -0.25) is 4.79 Å². The molecule has 0 unspecified atom stereocenters. The van der Waals surface area contributed by atoms with Crippen molar-refractivity contribution in [3.05, 3.63) is 63.0 Å². The summed E-state index contributed by atoms with van der Waals surface area (Å²) in [6.07, 6.45) is -5.31. The highest BCUT2D eigenvalue weighted by Crippen LogP contribution is 2.23. The third kappa shape index (κ3) is 5.49. The minimum absolute atomic E-state index is 0.162. The van der Waals surface area contributed by atoms with E-state index in [1.807, 2.05) is 22.6 Å². The Labute approximate surface area is 144 Å². The first-order chi connectivity index (χ1) is 10.7. The van der Waals surface area contributed by atoms with E-state index in [2.05, 4.69) is 5.32 Å². The second-order valence-corrected chi connectivity index (χ2v) is 6.06. The lowest BCUT2D eigenvalue weighted by Crippen LogP contribution is -2.14. The van der Waals surface area contributed by atoms with Gasteiger partial charge in [0, 0.05) is 15.7 Å². The first-order valence-corrected chi connectivity index (χ1v) is 7.74. The molecule has 0 aliphatic rings. The summed E-state index contributed by atoms with van der Waals surface area (Å²) >= 11 is 1.91. The van der Waals surface area contributed by atoms with Crippen LogP contribution < -0.4 is 5.32 Å². The molecular formula is C16H12F4INO. The maximum Gasteiger partial charge on any atom is 0.389 e. The van der Waals surface area contributed by atoms with E-state index < -0.39 is 24.3 Å². The molecule has 0 saturated carbocycles. The third-order valence-corrected chi connectivity index (χ3v) is 4.00. The van der Waals surface area contributed by atoms with Crippen LogP contribution in [-0.2, 0) is 6.42 Å². The molecule has 23 heavy (non-hydrogen) atoms. The van der Waals surface area contributed by atoms with Gasteiger partial charge in [-0.05, 0) is 64.9 Å². The molecule has 0 fully saturated rings. The van der Waals surface area contributed by atoms with Crippen molar-refractivity contribution in [1.29, 1.82) is 0 Å². The Kier molecular flexibility index (Phi) is 5.61. The van der Waals surface area contributed by atoms with Crippen molar-refractivity contribution in [2.24, 2.45) is 0 Å². The Bertz CT molecular complexity index is 715. The van der Waals surface area contributed by atoms with Crippen LogP contribution in [0, 0.1) is 9.39 Å². The van der Waals surface area contributed by atoms with E-state index in [4.69, 9.17) is 0 Å². The zero-order valence-corrected chi connectivity index (χ0v) is 13.9. The number of hydrogen-bond acceptors (Lipinski definition) is 1. The monoisotopic (exact) mass is 437 g/mol. The van der Waals surface area contributed by atoms with Gasteiger partial charge in [0.05, 0.1) is 5.56 Å². The summed E-state index contributed by atoms with van der Waals surface area (Å²) in [5, 5.41) is 2.57. The van der Waals surface area contributed by atoms with Gasteiger partial charge in [-0.15, -0.1) is 0 Å². The fourth-order valence-electron chi connectivity index (χ4n) is 1.96. The van der Waals surface area contributed by atoms with Gasteiger partial charge in [-0.2, -0.15) is 13.2 Å². The number of benzene rings is 2. The Morgan fingerprint density at radius 3 is 2.57 bits per heavy atom. The fraction of sp³-hybridized carbons (Fsp3) is 0.188. The van der Waals surface area contributed by atoms with Crippen LogP contribution in [0.25, 0.3) is 0 Å². The third-order valence-electron chi connectivity index (χ3n) is 3.06. The van der Waals surface area contributed by atoms with Crippen molar-refractivity contribution in [3.63, 3.8) is 0 Å². The summed E-state index contributed by atoms with van der Waals surface area (Å²) in [6.45, 7) is 0. The average Bonchev–Trinajstić information content (AvgIpc) is 2.47. The summed E-state index contributed by atoms with van der Waals surface area (Å²) in [5.74, 6) is -1.05. The summed E-state index contributed by atoms with van der Waals surface area (Å²) < 4.78 is 50.6. The molecule has 0 bridgehead atoms. The standard InChI is InChI=1S/C16H12F4INO/c17-11-4-5-14(21)13(9-11)15(23)22-12-3-1-2-10(8-12)6-7-16(18,19)20/h1-5,8-9H,6-7H2,(H,22,23). The van der Waals surface area contributed by atoms with Crippen molar-refractivity contribution < 1.29 is 22.4 Å². The van der Waals surface area contributed by atoms with Crippen LogP contribution in [0.15, 0.2) is 42.5 Å². The van der Waals surface area contributed by atoms with Crippen molar-refractivity contribution in [3.8, 4) is 0 Å². The first kappa shape index (κ1) is 17.7. The fourth-order valence-corrected chi connectivity index (χ4v) is 2.54. The molecule has 0 spiro atoms. The molecule has 0 aliphatic carbocycles. The van der Waals surface area contributed by atoms with Crippen molar-refractivity contribution in [2.45, 2.75) is 19.0 Å². The highest BCUT2D eigenvalue weighted by Gasteiger charge is 2.26. The minimum Gasteiger partial charge on any atom is -0.322 e. The second kappa shape index (κ2) is 7.29. The quantitative estimate of drug-likeness (QED) is 0.519. The summed E-state index contributed by atoms with van der Waals surface area (Å²) in [4.78, 5) is 12.2. The number of amides is 1. The molecule has 2 rings (SSSR count). The van der Waals surface area contributed by atoms with Crippen molar-refractivity contribution >= 4 is 34.2 Å². The number of rotatable bonds is 4. The number of anilines is 1. The lowest BCUT2D eigenvalue weighted by molar-refractivity contribution is -0.134. The Hall–Kier alpha value is -1.64. The van der Waals surface area contributed by atoms with Crippen LogP contribution in [0.2, 0.25) is 0 Å². The molecular weight excluding hydrogens is 425 g/mol. The largest absolute Gasteiger partial charge is 0.389 e. The Morgan fingerprint density at radius 2 is 1.87 bits per heavy atom. The zero-order valence-electron chi connectivity index (χ0n) is 11.8. The topological polar surface area (TPSA) is 29.1 Å². The molecule has 0 radical (unpaired) electrons.